The predicted molar refractivity (Wildman–Crippen MR) is 225 cm³/mol. The minimum atomic E-state index is -0.273. The van der Waals surface area contributed by atoms with Crippen LogP contribution in [0.15, 0.2) is 198 Å². The third kappa shape index (κ3) is 4.64. The Labute approximate surface area is 315 Å². The summed E-state index contributed by atoms with van der Waals surface area (Å²) in [5.41, 5.74) is 6.53. The summed E-state index contributed by atoms with van der Waals surface area (Å²) in [7, 11) is 0. The molecule has 0 saturated carbocycles. The molecule has 0 aliphatic carbocycles. The average Bonchev–Trinajstić information content (AvgIpc) is 3.66. The number of fused-ring (bicyclic) bond motifs is 7. The van der Waals surface area contributed by atoms with Crippen LogP contribution in [0.1, 0.15) is 8.22 Å². The molecular weight excluding hydrogens is 641 g/mol. The van der Waals surface area contributed by atoms with Gasteiger partial charge in [0.05, 0.1) is 8.22 Å². The molecule has 0 fully saturated rings. The topological polar surface area (TPSA) is 13.1 Å². The Morgan fingerprint density at radius 2 is 0.755 bits per heavy atom. The molecule has 11 rings (SSSR count). The molecule has 0 aliphatic heterocycles. The molecule has 53 heavy (non-hydrogen) atoms. The van der Waals surface area contributed by atoms with Gasteiger partial charge in [0.2, 0.25) is 0 Å². The van der Waals surface area contributed by atoms with Gasteiger partial charge in [-0.15, -0.1) is 0 Å². The van der Waals surface area contributed by atoms with Gasteiger partial charge in [0.25, 0.3) is 0 Å². The second-order valence-electron chi connectivity index (χ2n) is 13.5. The van der Waals surface area contributed by atoms with Gasteiger partial charge in [-0.3, -0.25) is 0 Å². The Kier molecular flexibility index (Phi) is 5.40. The summed E-state index contributed by atoms with van der Waals surface area (Å²) >= 11 is 0. The van der Waals surface area contributed by atoms with Crippen LogP contribution >= 0.6 is 0 Å². The molecule has 1 aromatic heterocycles. The van der Waals surface area contributed by atoms with E-state index in [2.05, 4.69) is 36.4 Å². The van der Waals surface area contributed by atoms with Gasteiger partial charge in [-0.1, -0.05) is 182 Å². The first kappa shape index (κ1) is 24.3. The normalized spacial score (nSPS) is 13.4. The zero-order chi connectivity index (χ0) is 40.1. The fourth-order valence-corrected chi connectivity index (χ4v) is 8.14. The lowest BCUT2D eigenvalue weighted by Crippen LogP contribution is -1.90. The number of para-hydroxylation sites is 2. The van der Waals surface area contributed by atoms with Crippen LogP contribution in [0.3, 0.4) is 0 Å². The van der Waals surface area contributed by atoms with Gasteiger partial charge in [-0.05, 0) is 88.6 Å². The van der Waals surface area contributed by atoms with Gasteiger partial charge in [-0.25, -0.2) is 0 Å². The van der Waals surface area contributed by atoms with Crippen LogP contribution in [0.2, 0.25) is 0 Å². The average molecular weight is 679 g/mol. The molecule has 10 aromatic carbocycles. The second-order valence-corrected chi connectivity index (χ2v) is 13.5. The van der Waals surface area contributed by atoms with E-state index in [0.717, 1.165) is 65.3 Å². The largest absolute Gasteiger partial charge is 0.455 e. The van der Waals surface area contributed by atoms with E-state index >= 15 is 0 Å². The molecule has 0 atom stereocenters. The number of hydrogen-bond acceptors (Lipinski definition) is 1. The number of hydrogen-bond donors (Lipinski definition) is 0. The Balaban J connectivity index is 1.18. The molecule has 0 bridgehead atoms. The SMILES string of the molecule is [2H]c1c(-c2cccc3c2oc2c(-c4cccc5ccccc45)cccc23)c([2H])c2c([2H])c([2H])c(-c3c4ccccc4c(-c4ccccc4)c4ccccc34)c([2H])c2c1[2H]. The number of rotatable bonds is 4. The fraction of sp³-hybridized carbons (Fsp3) is 0. The summed E-state index contributed by atoms with van der Waals surface area (Å²) in [6, 6.07) is 50.7. The lowest BCUT2D eigenvalue weighted by molar-refractivity contribution is 0.671. The lowest BCUT2D eigenvalue weighted by atomic mass is 9.85. The maximum absolute atomic E-state index is 9.75. The smallest absolute Gasteiger partial charge is 0.143 e. The van der Waals surface area contributed by atoms with Crippen molar-refractivity contribution in [2.24, 2.45) is 0 Å². The van der Waals surface area contributed by atoms with E-state index in [4.69, 9.17) is 4.42 Å². The molecular formula is C52H32O. The third-order valence-corrected chi connectivity index (χ3v) is 10.5. The highest BCUT2D eigenvalue weighted by atomic mass is 16.3. The van der Waals surface area contributed by atoms with E-state index in [1.807, 2.05) is 115 Å². The van der Waals surface area contributed by atoms with Crippen molar-refractivity contribution in [2.45, 2.75) is 0 Å². The van der Waals surface area contributed by atoms with Gasteiger partial charge in [0, 0.05) is 21.9 Å². The van der Waals surface area contributed by atoms with Crippen molar-refractivity contribution in [3.05, 3.63) is 194 Å². The number of furan rings is 1. The Morgan fingerprint density at radius 1 is 0.302 bits per heavy atom. The van der Waals surface area contributed by atoms with Crippen molar-refractivity contribution in [1.29, 1.82) is 0 Å². The molecule has 246 valence electrons. The predicted octanol–water partition coefficient (Wildman–Crippen LogP) is 14.9. The first-order chi connectivity index (χ1) is 28.8. The molecule has 1 nitrogen and oxygen atoms in total. The molecule has 0 spiro atoms. The molecule has 11 aromatic rings. The van der Waals surface area contributed by atoms with Crippen molar-refractivity contribution in [3.8, 4) is 44.5 Å². The van der Waals surface area contributed by atoms with E-state index in [1.54, 1.807) is 6.07 Å². The monoisotopic (exact) mass is 678 g/mol. The van der Waals surface area contributed by atoms with E-state index in [1.165, 1.54) is 0 Å². The maximum Gasteiger partial charge on any atom is 0.143 e. The van der Waals surface area contributed by atoms with Gasteiger partial charge in [0.1, 0.15) is 11.2 Å². The Bertz CT molecular complexity index is 3510. The van der Waals surface area contributed by atoms with Crippen molar-refractivity contribution in [3.63, 3.8) is 0 Å². The van der Waals surface area contributed by atoms with Crippen LogP contribution in [0.25, 0.3) is 110 Å². The van der Waals surface area contributed by atoms with Crippen molar-refractivity contribution >= 4 is 65.0 Å². The maximum atomic E-state index is 9.75. The minimum absolute atomic E-state index is 0.00109. The Morgan fingerprint density at radius 3 is 1.43 bits per heavy atom. The third-order valence-electron chi connectivity index (χ3n) is 10.5. The highest BCUT2D eigenvalue weighted by molar-refractivity contribution is 6.22. The van der Waals surface area contributed by atoms with Crippen LogP contribution in [0.4, 0.5) is 0 Å². The van der Waals surface area contributed by atoms with Gasteiger partial charge < -0.3 is 4.42 Å². The lowest BCUT2D eigenvalue weighted by Gasteiger charge is -2.18. The fourth-order valence-electron chi connectivity index (χ4n) is 8.14. The van der Waals surface area contributed by atoms with E-state index < -0.39 is 0 Å². The van der Waals surface area contributed by atoms with E-state index in [0.29, 0.717) is 22.3 Å². The zero-order valence-corrected chi connectivity index (χ0v) is 28.4. The van der Waals surface area contributed by atoms with Crippen molar-refractivity contribution < 1.29 is 12.6 Å². The molecule has 1 heterocycles. The van der Waals surface area contributed by atoms with Crippen LogP contribution in [0, 0.1) is 0 Å². The first-order valence-corrected chi connectivity index (χ1v) is 17.8. The van der Waals surface area contributed by atoms with Gasteiger partial charge in [0.15, 0.2) is 0 Å². The zero-order valence-electron chi connectivity index (χ0n) is 34.4. The highest BCUT2D eigenvalue weighted by Gasteiger charge is 2.19. The van der Waals surface area contributed by atoms with Crippen LogP contribution in [0.5, 0.6) is 0 Å². The molecule has 0 saturated heterocycles. The van der Waals surface area contributed by atoms with E-state index in [9.17, 15) is 8.22 Å². The molecule has 0 unspecified atom stereocenters. The minimum Gasteiger partial charge on any atom is -0.455 e. The first-order valence-electron chi connectivity index (χ1n) is 20.8. The van der Waals surface area contributed by atoms with Crippen LogP contribution in [-0.4, -0.2) is 0 Å². The van der Waals surface area contributed by atoms with Crippen molar-refractivity contribution in [1.82, 2.24) is 0 Å². The summed E-state index contributed by atoms with van der Waals surface area (Å²) < 4.78 is 64.2. The van der Waals surface area contributed by atoms with Crippen LogP contribution in [-0.2, 0) is 0 Å². The summed E-state index contributed by atoms with van der Waals surface area (Å²) in [4.78, 5) is 0. The molecule has 1 heteroatoms. The quantitative estimate of drug-likeness (QED) is 0.169. The summed E-state index contributed by atoms with van der Waals surface area (Å²) in [5.74, 6) is 0. The molecule has 0 amide bonds. The summed E-state index contributed by atoms with van der Waals surface area (Å²) in [6.45, 7) is 0. The molecule has 0 radical (unpaired) electrons. The summed E-state index contributed by atoms with van der Waals surface area (Å²) in [5, 5.41) is 7.37. The van der Waals surface area contributed by atoms with Gasteiger partial charge in [-0.2, -0.15) is 0 Å². The molecule has 0 N–H and O–H groups in total. The van der Waals surface area contributed by atoms with Crippen LogP contribution < -0.4 is 0 Å². The highest BCUT2D eigenvalue weighted by Crippen LogP contribution is 2.45. The van der Waals surface area contributed by atoms with Gasteiger partial charge >= 0.3 is 0 Å². The molecule has 0 aliphatic rings. The standard InChI is InChI=1S/C52H32O/c1-2-14-34(15-3-1)49-42-18-6-8-20-44(42)50(45-21-9-7-19-43(45)49)38-30-28-35-31-37(29-27-36(35)32-38)40-22-11-25-47-48-26-12-24-46(52(48)53-51(40)47)41-23-10-16-33-13-4-5-17-39(33)41/h1-32H/i27D,28D,29D,30D,31D,32D. The van der Waals surface area contributed by atoms with Crippen molar-refractivity contribution in [2.75, 3.05) is 0 Å². The summed E-state index contributed by atoms with van der Waals surface area (Å²) in [6.07, 6.45) is 0. The second kappa shape index (κ2) is 11.8. The van der Waals surface area contributed by atoms with E-state index in [-0.39, 0.29) is 58.2 Å². The number of benzene rings is 10. The Hall–Kier alpha value is -6.96.